The van der Waals surface area contributed by atoms with Crippen molar-refractivity contribution in [3.63, 3.8) is 0 Å². The third-order valence-corrected chi connectivity index (χ3v) is 3.78. The zero-order valence-electron chi connectivity index (χ0n) is 11.2. The van der Waals surface area contributed by atoms with E-state index in [0.29, 0.717) is 5.69 Å². The Morgan fingerprint density at radius 1 is 1.00 bits per heavy atom. The van der Waals surface area contributed by atoms with Gasteiger partial charge in [0.2, 0.25) is 0 Å². The lowest BCUT2D eigenvalue weighted by atomic mass is 10.1. The lowest BCUT2D eigenvalue weighted by molar-refractivity contribution is -0.136. The minimum atomic E-state index is -4.43. The number of rotatable bonds is 2. The highest BCUT2D eigenvalue weighted by atomic mass is 19.4. The summed E-state index contributed by atoms with van der Waals surface area (Å²) >= 11 is 0. The minimum Gasteiger partial charge on any atom is -0.398 e. The standard InChI is InChI=1S/C16H15F3N2/c17-16(18,19)14-9-12(5-6-15(14)20)21-13-7-10-3-1-2-4-11(10)8-13/h1-6,9,13,21H,7-8,20H2. The van der Waals surface area contributed by atoms with Crippen LogP contribution in [0.25, 0.3) is 0 Å². The van der Waals surface area contributed by atoms with Gasteiger partial charge in [-0.15, -0.1) is 0 Å². The van der Waals surface area contributed by atoms with Crippen LogP contribution in [-0.4, -0.2) is 6.04 Å². The lowest BCUT2D eigenvalue weighted by Crippen LogP contribution is -2.20. The van der Waals surface area contributed by atoms with Crippen molar-refractivity contribution in [1.82, 2.24) is 0 Å². The van der Waals surface area contributed by atoms with Crippen molar-refractivity contribution in [2.24, 2.45) is 0 Å². The van der Waals surface area contributed by atoms with Crippen LogP contribution in [0.5, 0.6) is 0 Å². The first kappa shape index (κ1) is 13.8. The molecule has 0 bridgehead atoms. The first-order chi connectivity index (χ1) is 9.93. The van der Waals surface area contributed by atoms with Crippen molar-refractivity contribution in [2.45, 2.75) is 25.1 Å². The molecule has 0 spiro atoms. The van der Waals surface area contributed by atoms with Gasteiger partial charge in [0, 0.05) is 17.4 Å². The third-order valence-electron chi connectivity index (χ3n) is 3.78. The van der Waals surface area contributed by atoms with Gasteiger partial charge in [0.1, 0.15) is 0 Å². The number of hydrogen-bond donors (Lipinski definition) is 2. The second kappa shape index (κ2) is 4.98. The van der Waals surface area contributed by atoms with Gasteiger partial charge >= 0.3 is 6.18 Å². The molecule has 2 nitrogen and oxygen atoms in total. The van der Waals surface area contributed by atoms with E-state index < -0.39 is 11.7 Å². The van der Waals surface area contributed by atoms with Gasteiger partial charge < -0.3 is 11.1 Å². The number of fused-ring (bicyclic) bond motifs is 1. The van der Waals surface area contributed by atoms with E-state index in [1.165, 1.54) is 17.2 Å². The molecule has 0 aromatic heterocycles. The van der Waals surface area contributed by atoms with Crippen LogP contribution < -0.4 is 11.1 Å². The van der Waals surface area contributed by atoms with Crippen molar-refractivity contribution in [1.29, 1.82) is 0 Å². The first-order valence-corrected chi connectivity index (χ1v) is 6.73. The quantitative estimate of drug-likeness (QED) is 0.825. The minimum absolute atomic E-state index is 0.118. The highest BCUT2D eigenvalue weighted by Gasteiger charge is 2.33. The van der Waals surface area contributed by atoms with E-state index in [1.54, 1.807) is 6.07 Å². The highest BCUT2D eigenvalue weighted by Crippen LogP contribution is 2.35. The SMILES string of the molecule is Nc1ccc(NC2Cc3ccccc3C2)cc1C(F)(F)F. The average molecular weight is 292 g/mol. The second-order valence-electron chi connectivity index (χ2n) is 5.32. The first-order valence-electron chi connectivity index (χ1n) is 6.73. The molecule has 3 rings (SSSR count). The van der Waals surface area contributed by atoms with Crippen LogP contribution >= 0.6 is 0 Å². The van der Waals surface area contributed by atoms with E-state index in [2.05, 4.69) is 17.4 Å². The van der Waals surface area contributed by atoms with Crippen LogP contribution in [0.4, 0.5) is 24.5 Å². The fourth-order valence-corrected chi connectivity index (χ4v) is 2.79. The maximum absolute atomic E-state index is 12.8. The Morgan fingerprint density at radius 2 is 1.62 bits per heavy atom. The lowest BCUT2D eigenvalue weighted by Gasteiger charge is -2.16. The molecule has 0 atom stereocenters. The summed E-state index contributed by atoms with van der Waals surface area (Å²) in [4.78, 5) is 0. The average Bonchev–Trinajstić information content (AvgIpc) is 2.82. The molecule has 0 saturated carbocycles. The summed E-state index contributed by atoms with van der Waals surface area (Å²) in [6.45, 7) is 0. The second-order valence-corrected chi connectivity index (χ2v) is 5.32. The van der Waals surface area contributed by atoms with Crippen LogP contribution in [0.3, 0.4) is 0 Å². The molecule has 0 amide bonds. The summed E-state index contributed by atoms with van der Waals surface area (Å²) in [6.07, 6.45) is -2.79. The van der Waals surface area contributed by atoms with Crippen molar-refractivity contribution in [3.8, 4) is 0 Å². The maximum atomic E-state index is 12.8. The molecule has 2 aromatic carbocycles. The summed E-state index contributed by atoms with van der Waals surface area (Å²) in [5, 5.41) is 3.17. The van der Waals surface area contributed by atoms with E-state index in [-0.39, 0.29) is 11.7 Å². The van der Waals surface area contributed by atoms with Crippen molar-refractivity contribution in [2.75, 3.05) is 11.1 Å². The number of alkyl halides is 3. The third kappa shape index (κ3) is 2.82. The van der Waals surface area contributed by atoms with Gasteiger partial charge in [-0.1, -0.05) is 24.3 Å². The summed E-state index contributed by atoms with van der Waals surface area (Å²) in [5.74, 6) is 0. The largest absolute Gasteiger partial charge is 0.418 e. The molecule has 0 radical (unpaired) electrons. The normalized spacial score (nSPS) is 15.0. The zero-order valence-corrected chi connectivity index (χ0v) is 11.2. The van der Waals surface area contributed by atoms with Crippen LogP contribution in [-0.2, 0) is 19.0 Å². The van der Waals surface area contributed by atoms with Crippen molar-refractivity contribution < 1.29 is 13.2 Å². The van der Waals surface area contributed by atoms with E-state index in [1.807, 2.05) is 12.1 Å². The molecular formula is C16H15F3N2. The molecule has 1 aliphatic carbocycles. The Labute approximate surface area is 120 Å². The Hall–Kier alpha value is -2.17. The zero-order chi connectivity index (χ0) is 15.0. The van der Waals surface area contributed by atoms with E-state index in [0.717, 1.165) is 18.9 Å². The summed E-state index contributed by atoms with van der Waals surface area (Å²) in [7, 11) is 0. The molecule has 21 heavy (non-hydrogen) atoms. The van der Waals surface area contributed by atoms with Gasteiger partial charge in [0.25, 0.3) is 0 Å². The molecule has 110 valence electrons. The van der Waals surface area contributed by atoms with Crippen molar-refractivity contribution >= 4 is 11.4 Å². The van der Waals surface area contributed by atoms with Crippen molar-refractivity contribution in [3.05, 3.63) is 59.2 Å². The predicted molar refractivity (Wildman–Crippen MR) is 77.1 cm³/mol. The molecule has 5 heteroatoms. The Balaban J connectivity index is 1.78. The Morgan fingerprint density at radius 3 is 2.19 bits per heavy atom. The Bertz CT molecular complexity index is 640. The molecule has 2 aromatic rings. The highest BCUT2D eigenvalue weighted by molar-refractivity contribution is 5.59. The van der Waals surface area contributed by atoms with Gasteiger partial charge in [-0.05, 0) is 42.2 Å². The van der Waals surface area contributed by atoms with E-state index in [4.69, 9.17) is 5.73 Å². The molecule has 3 N–H and O–H groups in total. The molecule has 0 fully saturated rings. The monoisotopic (exact) mass is 292 g/mol. The van der Waals surface area contributed by atoms with Gasteiger partial charge in [-0.25, -0.2) is 0 Å². The van der Waals surface area contributed by atoms with Gasteiger partial charge in [-0.2, -0.15) is 13.2 Å². The molecule has 0 unspecified atom stereocenters. The molecular weight excluding hydrogens is 277 g/mol. The molecule has 0 saturated heterocycles. The number of halogens is 3. The molecule has 0 heterocycles. The smallest absolute Gasteiger partial charge is 0.398 e. The molecule has 1 aliphatic rings. The van der Waals surface area contributed by atoms with Crippen LogP contribution in [0.1, 0.15) is 16.7 Å². The summed E-state index contributed by atoms with van der Waals surface area (Å²) in [5.41, 5.74) is 7.32. The van der Waals surface area contributed by atoms with E-state index >= 15 is 0 Å². The summed E-state index contributed by atoms with van der Waals surface area (Å²) in [6, 6.07) is 12.2. The topological polar surface area (TPSA) is 38.0 Å². The summed E-state index contributed by atoms with van der Waals surface area (Å²) < 4.78 is 38.5. The predicted octanol–water partition coefficient (Wildman–Crippen LogP) is 3.87. The van der Waals surface area contributed by atoms with Crippen LogP contribution in [0.15, 0.2) is 42.5 Å². The fourth-order valence-electron chi connectivity index (χ4n) is 2.79. The number of anilines is 2. The fraction of sp³-hybridized carbons (Fsp3) is 0.250. The maximum Gasteiger partial charge on any atom is 0.418 e. The van der Waals surface area contributed by atoms with Gasteiger partial charge in [-0.3, -0.25) is 0 Å². The van der Waals surface area contributed by atoms with Gasteiger partial charge in [0.15, 0.2) is 0 Å². The number of hydrogen-bond acceptors (Lipinski definition) is 2. The molecule has 0 aliphatic heterocycles. The van der Waals surface area contributed by atoms with Gasteiger partial charge in [0.05, 0.1) is 5.56 Å². The Kier molecular flexibility index (Phi) is 3.27. The number of nitrogens with one attached hydrogen (secondary N) is 1. The number of nitrogens with two attached hydrogens (primary N) is 1. The van der Waals surface area contributed by atoms with Crippen LogP contribution in [0.2, 0.25) is 0 Å². The number of benzene rings is 2. The van der Waals surface area contributed by atoms with Crippen LogP contribution in [0, 0.1) is 0 Å². The number of nitrogen functional groups attached to an aromatic ring is 1. The van der Waals surface area contributed by atoms with E-state index in [9.17, 15) is 13.2 Å².